The van der Waals surface area contributed by atoms with Crippen molar-refractivity contribution in [3.8, 4) is 17.2 Å². The van der Waals surface area contributed by atoms with Gasteiger partial charge in [-0.2, -0.15) is 13.2 Å². The van der Waals surface area contributed by atoms with Crippen LogP contribution in [0, 0.1) is 5.82 Å². The molecule has 0 saturated heterocycles. The van der Waals surface area contributed by atoms with Crippen LogP contribution in [0.2, 0.25) is 0 Å². The maximum Gasteiger partial charge on any atom is 0.416 e. The maximum atomic E-state index is 13.3. The summed E-state index contributed by atoms with van der Waals surface area (Å²) in [6, 6.07) is 5.69. The molecular formula is C20H24F4IN3O3. The number of hydrogen-bond donors (Lipinski definition) is 3. The number of phenolic OH excluding ortho intramolecular Hbond substituents is 1. The van der Waals surface area contributed by atoms with Crippen LogP contribution in [-0.4, -0.2) is 31.8 Å². The zero-order valence-corrected chi connectivity index (χ0v) is 19.5. The number of phenols is 1. The molecule has 2 aromatic carbocycles. The van der Waals surface area contributed by atoms with Gasteiger partial charge >= 0.3 is 6.18 Å². The van der Waals surface area contributed by atoms with Crippen molar-refractivity contribution in [3.05, 3.63) is 52.8 Å². The lowest BCUT2D eigenvalue weighted by atomic mass is 10.1. The predicted octanol–water partition coefficient (Wildman–Crippen LogP) is 4.44. The van der Waals surface area contributed by atoms with E-state index in [1.54, 1.807) is 12.1 Å². The van der Waals surface area contributed by atoms with Crippen LogP contribution in [0.25, 0.3) is 0 Å². The van der Waals surface area contributed by atoms with Gasteiger partial charge in [0, 0.05) is 13.1 Å². The van der Waals surface area contributed by atoms with Crippen LogP contribution in [0.5, 0.6) is 17.2 Å². The van der Waals surface area contributed by atoms with Gasteiger partial charge in [-0.05, 0) is 42.3 Å². The molecule has 0 saturated carbocycles. The van der Waals surface area contributed by atoms with Crippen molar-refractivity contribution in [2.24, 2.45) is 4.99 Å². The van der Waals surface area contributed by atoms with E-state index < -0.39 is 17.6 Å². The topological polar surface area (TPSA) is 75.1 Å². The third kappa shape index (κ3) is 7.33. The van der Waals surface area contributed by atoms with Crippen LogP contribution in [0.3, 0.4) is 0 Å². The fourth-order valence-electron chi connectivity index (χ4n) is 2.70. The maximum absolute atomic E-state index is 13.3. The van der Waals surface area contributed by atoms with Crippen molar-refractivity contribution in [2.75, 3.05) is 20.8 Å². The largest absolute Gasteiger partial charge is 0.502 e. The second-order valence-corrected chi connectivity index (χ2v) is 6.20. The molecule has 0 aliphatic rings. The highest BCUT2D eigenvalue weighted by molar-refractivity contribution is 14.0. The van der Waals surface area contributed by atoms with E-state index >= 15 is 0 Å². The monoisotopic (exact) mass is 557 g/mol. The van der Waals surface area contributed by atoms with E-state index in [-0.39, 0.29) is 65.8 Å². The number of nitrogens with one attached hydrogen (secondary N) is 2. The predicted molar refractivity (Wildman–Crippen MR) is 120 cm³/mol. The molecule has 2 rings (SSSR count). The Balaban J connectivity index is 0.00000480. The van der Waals surface area contributed by atoms with E-state index in [0.29, 0.717) is 18.2 Å². The molecule has 31 heavy (non-hydrogen) atoms. The molecule has 0 atom stereocenters. The van der Waals surface area contributed by atoms with E-state index in [9.17, 15) is 22.7 Å². The van der Waals surface area contributed by atoms with Gasteiger partial charge in [0.05, 0.1) is 26.3 Å². The van der Waals surface area contributed by atoms with Crippen LogP contribution in [0.4, 0.5) is 17.6 Å². The number of hydrogen-bond acceptors (Lipinski definition) is 4. The number of guanidine groups is 1. The van der Waals surface area contributed by atoms with Crippen LogP contribution in [0.15, 0.2) is 35.3 Å². The van der Waals surface area contributed by atoms with Gasteiger partial charge < -0.3 is 25.2 Å². The summed E-state index contributed by atoms with van der Waals surface area (Å²) in [5.74, 6) is -0.422. The molecule has 0 heterocycles. The highest BCUT2D eigenvalue weighted by Gasteiger charge is 2.33. The molecule has 2 aromatic rings. The smallest absolute Gasteiger partial charge is 0.416 e. The zero-order valence-electron chi connectivity index (χ0n) is 17.1. The van der Waals surface area contributed by atoms with E-state index in [0.717, 1.165) is 12.1 Å². The van der Waals surface area contributed by atoms with E-state index in [1.807, 2.05) is 6.92 Å². The number of aromatic hydroxyl groups is 1. The summed E-state index contributed by atoms with van der Waals surface area (Å²) in [6.07, 6.45) is -4.67. The Hall–Kier alpha value is -2.44. The Morgan fingerprint density at radius 1 is 1.06 bits per heavy atom. The number of aliphatic imine (C=N–C) groups is 1. The van der Waals surface area contributed by atoms with Crippen molar-refractivity contribution < 1.29 is 32.1 Å². The number of ether oxygens (including phenoxy) is 2. The van der Waals surface area contributed by atoms with Gasteiger partial charge in [0.2, 0.25) is 5.75 Å². The fraction of sp³-hybridized carbons (Fsp3) is 0.350. The van der Waals surface area contributed by atoms with E-state index in [2.05, 4.69) is 15.6 Å². The molecule has 0 aliphatic heterocycles. The first-order chi connectivity index (χ1) is 14.2. The number of methoxy groups -OCH3 is 2. The first kappa shape index (κ1) is 26.6. The summed E-state index contributed by atoms with van der Waals surface area (Å²) in [4.78, 5) is 4.34. The van der Waals surface area contributed by atoms with Gasteiger partial charge in [0.1, 0.15) is 5.82 Å². The highest BCUT2D eigenvalue weighted by atomic mass is 127. The third-order valence-corrected chi connectivity index (χ3v) is 4.13. The summed E-state index contributed by atoms with van der Waals surface area (Å²) < 4.78 is 62.9. The van der Waals surface area contributed by atoms with Crippen LogP contribution < -0.4 is 20.1 Å². The summed E-state index contributed by atoms with van der Waals surface area (Å²) in [7, 11) is 2.79. The van der Waals surface area contributed by atoms with Crippen LogP contribution in [0.1, 0.15) is 23.6 Å². The molecule has 0 aliphatic carbocycles. The fourth-order valence-corrected chi connectivity index (χ4v) is 2.70. The van der Waals surface area contributed by atoms with Crippen molar-refractivity contribution in [2.45, 2.75) is 26.2 Å². The Bertz CT molecular complexity index is 883. The SMILES string of the molecule is CCNC(=NCc1cc(OC)c(O)c(OC)c1)NCc1ccc(F)cc1C(F)(F)F.I. The molecule has 0 unspecified atom stereocenters. The van der Waals surface area contributed by atoms with Gasteiger partial charge in [-0.25, -0.2) is 9.38 Å². The zero-order chi connectivity index (χ0) is 22.3. The molecule has 0 bridgehead atoms. The Kier molecular flexibility index (Phi) is 10.1. The number of rotatable bonds is 7. The van der Waals surface area contributed by atoms with Crippen molar-refractivity contribution in [1.82, 2.24) is 10.6 Å². The van der Waals surface area contributed by atoms with Gasteiger partial charge in [-0.15, -0.1) is 24.0 Å². The summed E-state index contributed by atoms with van der Waals surface area (Å²) in [5, 5.41) is 15.7. The van der Waals surface area contributed by atoms with Crippen molar-refractivity contribution in [3.63, 3.8) is 0 Å². The number of nitrogens with zero attached hydrogens (tertiary/aromatic N) is 1. The summed E-state index contributed by atoms with van der Waals surface area (Å²) in [6.45, 7) is 2.22. The highest BCUT2D eigenvalue weighted by Crippen LogP contribution is 2.37. The summed E-state index contributed by atoms with van der Waals surface area (Å²) in [5.41, 5.74) is -0.502. The molecule has 6 nitrogen and oxygen atoms in total. The molecule has 172 valence electrons. The lowest BCUT2D eigenvalue weighted by molar-refractivity contribution is -0.138. The summed E-state index contributed by atoms with van der Waals surface area (Å²) >= 11 is 0. The van der Waals surface area contributed by atoms with Crippen molar-refractivity contribution >= 4 is 29.9 Å². The Morgan fingerprint density at radius 3 is 2.19 bits per heavy atom. The minimum absolute atomic E-state index is 0. The molecule has 0 aromatic heterocycles. The van der Waals surface area contributed by atoms with Gasteiger partial charge in [0.15, 0.2) is 17.5 Å². The lowest BCUT2D eigenvalue weighted by Gasteiger charge is -2.16. The van der Waals surface area contributed by atoms with Gasteiger partial charge in [-0.3, -0.25) is 0 Å². The lowest BCUT2D eigenvalue weighted by Crippen LogP contribution is -2.37. The molecule has 0 spiro atoms. The number of halogens is 5. The standard InChI is InChI=1S/C20H23F4N3O3.HI/c1-4-25-19(26-10-12-7-16(29-2)18(28)17(8-12)30-3)27-11-13-5-6-14(21)9-15(13)20(22,23)24;/h5-9,28H,4,10-11H2,1-3H3,(H2,25,26,27);1H. The van der Waals surface area contributed by atoms with Gasteiger partial charge in [-0.1, -0.05) is 6.07 Å². The minimum Gasteiger partial charge on any atom is -0.502 e. The van der Waals surface area contributed by atoms with E-state index in [1.165, 1.54) is 14.2 Å². The first-order valence-electron chi connectivity index (χ1n) is 9.01. The Labute approximate surface area is 194 Å². The molecule has 11 heteroatoms. The molecule has 0 fully saturated rings. The molecular weight excluding hydrogens is 533 g/mol. The van der Waals surface area contributed by atoms with Crippen LogP contribution in [-0.2, 0) is 19.3 Å². The first-order valence-corrected chi connectivity index (χ1v) is 9.01. The van der Waals surface area contributed by atoms with Crippen molar-refractivity contribution in [1.29, 1.82) is 0 Å². The minimum atomic E-state index is -4.67. The van der Waals surface area contributed by atoms with Gasteiger partial charge in [0.25, 0.3) is 0 Å². The third-order valence-electron chi connectivity index (χ3n) is 4.13. The quantitative estimate of drug-likeness (QED) is 0.203. The average Bonchev–Trinajstić information content (AvgIpc) is 2.70. The number of alkyl halides is 3. The average molecular weight is 557 g/mol. The molecule has 0 amide bonds. The molecule has 3 N–H and O–H groups in total. The van der Waals surface area contributed by atoms with E-state index in [4.69, 9.17) is 9.47 Å². The second kappa shape index (κ2) is 11.8. The number of benzene rings is 2. The van der Waals surface area contributed by atoms with Crippen LogP contribution >= 0.6 is 24.0 Å². The molecule has 0 radical (unpaired) electrons. The Morgan fingerprint density at radius 2 is 1.68 bits per heavy atom. The normalized spacial score (nSPS) is 11.5. The second-order valence-electron chi connectivity index (χ2n) is 6.20.